The highest BCUT2D eigenvalue weighted by atomic mass is 16.6. The number of nitrogens with one attached hydrogen (secondary N) is 1. The fourth-order valence-corrected chi connectivity index (χ4v) is 1.61. The first-order chi connectivity index (χ1) is 7.11. The molecule has 0 spiro atoms. The number of ether oxygens (including phenoxy) is 1. The topological polar surface area (TPSA) is 41.6 Å². The van der Waals surface area contributed by atoms with Gasteiger partial charge in [-0.3, -0.25) is 0 Å². The van der Waals surface area contributed by atoms with Crippen LogP contribution in [0.4, 0.5) is 4.79 Å². The quantitative estimate of drug-likeness (QED) is 0.756. The van der Waals surface area contributed by atoms with Gasteiger partial charge in [0.05, 0.1) is 6.61 Å². The van der Waals surface area contributed by atoms with E-state index >= 15 is 0 Å². The second-order valence-corrected chi connectivity index (χ2v) is 4.57. The zero-order valence-corrected chi connectivity index (χ0v) is 9.95. The Morgan fingerprint density at radius 1 is 1.60 bits per heavy atom. The maximum atomic E-state index is 11.7. The molecule has 4 nitrogen and oxygen atoms in total. The molecule has 1 aliphatic rings. The molecule has 1 aliphatic heterocycles. The van der Waals surface area contributed by atoms with Crippen molar-refractivity contribution >= 4 is 6.09 Å². The van der Waals surface area contributed by atoms with Crippen LogP contribution in [0.15, 0.2) is 0 Å². The molecule has 4 heteroatoms. The van der Waals surface area contributed by atoms with Crippen molar-refractivity contribution in [2.24, 2.45) is 5.92 Å². The fourth-order valence-electron chi connectivity index (χ4n) is 1.61. The smallest absolute Gasteiger partial charge is 0.410 e. The summed E-state index contributed by atoms with van der Waals surface area (Å²) in [6.07, 6.45) is 0.834. The summed E-state index contributed by atoms with van der Waals surface area (Å²) in [6.45, 7) is 9.28. The Labute approximate surface area is 92.0 Å². The van der Waals surface area contributed by atoms with E-state index in [2.05, 4.69) is 12.2 Å². The third kappa shape index (κ3) is 4.08. The number of carbonyl (C=O) groups excluding carboxylic acids is 1. The maximum Gasteiger partial charge on any atom is 0.410 e. The van der Waals surface area contributed by atoms with E-state index in [1.165, 1.54) is 0 Å². The third-order valence-electron chi connectivity index (χ3n) is 2.50. The molecule has 1 unspecified atom stereocenters. The van der Waals surface area contributed by atoms with Crippen molar-refractivity contribution in [3.8, 4) is 0 Å². The van der Waals surface area contributed by atoms with Crippen LogP contribution < -0.4 is 5.32 Å². The lowest BCUT2D eigenvalue weighted by atomic mass is 10.2. The molecule has 15 heavy (non-hydrogen) atoms. The standard InChI is InChI=1S/C11H22N2O2/c1-9(2)8-15-11(14)13-6-4-5-12-7-10(13)3/h9-10,12H,4-8H2,1-3H3. The molecule has 0 radical (unpaired) electrons. The van der Waals surface area contributed by atoms with E-state index in [9.17, 15) is 4.79 Å². The van der Waals surface area contributed by atoms with Crippen molar-refractivity contribution in [1.29, 1.82) is 0 Å². The van der Waals surface area contributed by atoms with Gasteiger partial charge in [-0.1, -0.05) is 13.8 Å². The Bertz CT molecular complexity index is 207. The van der Waals surface area contributed by atoms with Crippen molar-refractivity contribution in [3.05, 3.63) is 0 Å². The van der Waals surface area contributed by atoms with Crippen LogP contribution in [0.2, 0.25) is 0 Å². The average molecular weight is 214 g/mol. The molecule has 88 valence electrons. The summed E-state index contributed by atoms with van der Waals surface area (Å²) in [7, 11) is 0. The minimum absolute atomic E-state index is 0.167. The van der Waals surface area contributed by atoms with Crippen molar-refractivity contribution in [1.82, 2.24) is 10.2 Å². The lowest BCUT2D eigenvalue weighted by Crippen LogP contribution is -2.42. The Balaban J connectivity index is 2.41. The van der Waals surface area contributed by atoms with E-state index in [0.717, 1.165) is 26.1 Å². The number of carbonyl (C=O) groups is 1. The third-order valence-corrected chi connectivity index (χ3v) is 2.50. The molecule has 1 saturated heterocycles. The van der Waals surface area contributed by atoms with Crippen LogP contribution in [0.25, 0.3) is 0 Å². The highest BCUT2D eigenvalue weighted by Crippen LogP contribution is 2.07. The van der Waals surface area contributed by atoms with Crippen LogP contribution in [0.3, 0.4) is 0 Å². The van der Waals surface area contributed by atoms with Gasteiger partial charge in [-0.2, -0.15) is 0 Å². The Morgan fingerprint density at radius 2 is 2.33 bits per heavy atom. The summed E-state index contributed by atoms with van der Waals surface area (Å²) in [5, 5.41) is 3.30. The lowest BCUT2D eigenvalue weighted by Gasteiger charge is -2.26. The molecule has 0 bridgehead atoms. The van der Waals surface area contributed by atoms with Crippen LogP contribution in [0.1, 0.15) is 27.2 Å². The van der Waals surface area contributed by atoms with Gasteiger partial charge in [0.15, 0.2) is 0 Å². The zero-order valence-electron chi connectivity index (χ0n) is 9.95. The van der Waals surface area contributed by atoms with E-state index in [1.54, 1.807) is 0 Å². The second kappa shape index (κ2) is 5.95. The zero-order chi connectivity index (χ0) is 11.3. The summed E-state index contributed by atoms with van der Waals surface area (Å²) in [5.41, 5.74) is 0. The van der Waals surface area contributed by atoms with Gasteiger partial charge in [0, 0.05) is 19.1 Å². The van der Waals surface area contributed by atoms with E-state index in [-0.39, 0.29) is 12.1 Å². The highest BCUT2D eigenvalue weighted by Gasteiger charge is 2.22. The number of hydrogen-bond acceptors (Lipinski definition) is 3. The first kappa shape index (κ1) is 12.3. The molecule has 1 amide bonds. The Morgan fingerprint density at radius 3 is 3.00 bits per heavy atom. The molecule has 1 rings (SSSR count). The molecule has 1 heterocycles. The molecule has 0 aromatic carbocycles. The minimum atomic E-state index is -0.167. The second-order valence-electron chi connectivity index (χ2n) is 4.57. The highest BCUT2D eigenvalue weighted by molar-refractivity contribution is 5.68. The molecule has 1 N–H and O–H groups in total. The van der Waals surface area contributed by atoms with E-state index in [4.69, 9.17) is 4.74 Å². The maximum absolute atomic E-state index is 11.7. The molecule has 0 aromatic rings. The van der Waals surface area contributed by atoms with Crippen LogP contribution >= 0.6 is 0 Å². The minimum Gasteiger partial charge on any atom is -0.449 e. The van der Waals surface area contributed by atoms with Crippen LogP contribution in [0, 0.1) is 5.92 Å². The number of nitrogens with zero attached hydrogens (tertiary/aromatic N) is 1. The summed E-state index contributed by atoms with van der Waals surface area (Å²) in [4.78, 5) is 13.6. The number of hydrogen-bond donors (Lipinski definition) is 1. The van der Waals surface area contributed by atoms with Gasteiger partial charge in [0.25, 0.3) is 0 Å². The van der Waals surface area contributed by atoms with Crippen LogP contribution in [0.5, 0.6) is 0 Å². The van der Waals surface area contributed by atoms with Gasteiger partial charge in [-0.15, -0.1) is 0 Å². The lowest BCUT2D eigenvalue weighted by molar-refractivity contribution is 0.0825. The summed E-state index contributed by atoms with van der Waals surface area (Å²) in [6, 6.07) is 0.229. The molecular weight excluding hydrogens is 192 g/mol. The first-order valence-corrected chi connectivity index (χ1v) is 5.75. The van der Waals surface area contributed by atoms with Gasteiger partial charge in [-0.25, -0.2) is 4.79 Å². The van der Waals surface area contributed by atoms with Gasteiger partial charge >= 0.3 is 6.09 Å². The molecule has 0 saturated carbocycles. The Kier molecular flexibility index (Phi) is 4.88. The first-order valence-electron chi connectivity index (χ1n) is 5.75. The van der Waals surface area contributed by atoms with Crippen molar-refractivity contribution < 1.29 is 9.53 Å². The van der Waals surface area contributed by atoms with Crippen molar-refractivity contribution in [3.63, 3.8) is 0 Å². The van der Waals surface area contributed by atoms with Crippen LogP contribution in [-0.4, -0.2) is 43.3 Å². The molecule has 1 fully saturated rings. The fraction of sp³-hybridized carbons (Fsp3) is 0.909. The van der Waals surface area contributed by atoms with Crippen molar-refractivity contribution in [2.45, 2.75) is 33.2 Å². The summed E-state index contributed by atoms with van der Waals surface area (Å²) < 4.78 is 5.23. The average Bonchev–Trinajstić information content (AvgIpc) is 2.39. The van der Waals surface area contributed by atoms with E-state index < -0.39 is 0 Å². The molecular formula is C11H22N2O2. The predicted molar refractivity (Wildman–Crippen MR) is 59.8 cm³/mol. The molecule has 1 atom stereocenters. The number of amides is 1. The molecule has 0 aromatic heterocycles. The SMILES string of the molecule is CC(C)COC(=O)N1CCCNCC1C. The number of rotatable bonds is 2. The monoisotopic (exact) mass is 214 g/mol. The normalized spacial score (nSPS) is 22.7. The predicted octanol–water partition coefficient (Wildman–Crippen LogP) is 1.46. The summed E-state index contributed by atoms with van der Waals surface area (Å²) >= 11 is 0. The van der Waals surface area contributed by atoms with E-state index in [0.29, 0.717) is 12.5 Å². The summed E-state index contributed by atoms with van der Waals surface area (Å²) in [5.74, 6) is 0.398. The van der Waals surface area contributed by atoms with Crippen LogP contribution in [-0.2, 0) is 4.74 Å². The van der Waals surface area contributed by atoms with Gasteiger partial charge in [0.2, 0.25) is 0 Å². The Hall–Kier alpha value is -0.770. The van der Waals surface area contributed by atoms with Gasteiger partial charge in [-0.05, 0) is 25.8 Å². The molecule has 0 aliphatic carbocycles. The van der Waals surface area contributed by atoms with Gasteiger partial charge in [0.1, 0.15) is 0 Å². The van der Waals surface area contributed by atoms with Gasteiger partial charge < -0.3 is 15.0 Å². The van der Waals surface area contributed by atoms with E-state index in [1.807, 2.05) is 18.7 Å². The largest absolute Gasteiger partial charge is 0.449 e. The van der Waals surface area contributed by atoms with Crippen molar-refractivity contribution in [2.75, 3.05) is 26.2 Å².